The van der Waals surface area contributed by atoms with Crippen molar-refractivity contribution in [3.05, 3.63) is 46.7 Å². The molecule has 1 aromatic heterocycles. The van der Waals surface area contributed by atoms with Crippen molar-refractivity contribution in [3.63, 3.8) is 0 Å². The number of ether oxygens (including phenoxy) is 2. The number of hydrogen-bond acceptors (Lipinski definition) is 5. The summed E-state index contributed by atoms with van der Waals surface area (Å²) in [5, 5.41) is 5.37. The molecule has 24 heavy (non-hydrogen) atoms. The van der Waals surface area contributed by atoms with Crippen molar-refractivity contribution in [1.29, 1.82) is 0 Å². The van der Waals surface area contributed by atoms with Crippen molar-refractivity contribution in [2.75, 3.05) is 31.8 Å². The largest absolute Gasteiger partial charge is 0.497 e. The molecule has 1 N–H and O–H groups in total. The minimum Gasteiger partial charge on any atom is -0.497 e. The van der Waals surface area contributed by atoms with E-state index in [9.17, 15) is 4.79 Å². The quantitative estimate of drug-likeness (QED) is 0.874. The monoisotopic (exact) mass is 346 g/mol. The van der Waals surface area contributed by atoms with Gasteiger partial charge in [0.25, 0.3) is 0 Å². The molecule has 0 spiro atoms. The normalized spacial score (nSPS) is 17.5. The molecule has 2 heterocycles. The summed E-state index contributed by atoms with van der Waals surface area (Å²) < 4.78 is 10.7. The topological polar surface area (TPSA) is 50.8 Å². The van der Waals surface area contributed by atoms with Gasteiger partial charge in [0.2, 0.25) is 5.91 Å². The van der Waals surface area contributed by atoms with Crippen molar-refractivity contribution in [2.24, 2.45) is 0 Å². The lowest BCUT2D eigenvalue weighted by Gasteiger charge is -2.27. The van der Waals surface area contributed by atoms with E-state index in [2.05, 4.69) is 11.4 Å². The van der Waals surface area contributed by atoms with E-state index < -0.39 is 0 Å². The van der Waals surface area contributed by atoms with Crippen LogP contribution in [-0.4, -0.2) is 38.8 Å². The Morgan fingerprint density at radius 2 is 2.21 bits per heavy atom. The lowest BCUT2D eigenvalue weighted by Crippen LogP contribution is -2.45. The first-order valence-electron chi connectivity index (χ1n) is 8.04. The lowest BCUT2D eigenvalue weighted by molar-refractivity contribution is -0.119. The van der Waals surface area contributed by atoms with Crippen LogP contribution in [0.25, 0.3) is 0 Å². The standard InChI is InChI=1S/C18H22N2O3S/c1-22-16-6-4-15(5-7-16)20(12-17-3-2-10-24-17)18(21)11-14-13-23-9-8-19-14/h2-7,10,14,19H,8-9,11-13H2,1H3. The van der Waals surface area contributed by atoms with Crippen LogP contribution in [0.3, 0.4) is 0 Å². The molecule has 0 saturated carbocycles. The molecule has 1 amide bonds. The van der Waals surface area contributed by atoms with Gasteiger partial charge in [-0.3, -0.25) is 4.79 Å². The summed E-state index contributed by atoms with van der Waals surface area (Å²) in [6.07, 6.45) is 0.428. The third-order valence-electron chi connectivity index (χ3n) is 4.00. The summed E-state index contributed by atoms with van der Waals surface area (Å²) in [5.74, 6) is 0.876. The van der Waals surface area contributed by atoms with E-state index >= 15 is 0 Å². The number of carbonyl (C=O) groups excluding carboxylic acids is 1. The van der Waals surface area contributed by atoms with Gasteiger partial charge in [0, 0.05) is 29.6 Å². The van der Waals surface area contributed by atoms with E-state index in [-0.39, 0.29) is 11.9 Å². The maximum Gasteiger partial charge on any atom is 0.228 e. The highest BCUT2D eigenvalue weighted by atomic mass is 32.1. The minimum absolute atomic E-state index is 0.0790. The Hall–Kier alpha value is -1.89. The molecule has 1 saturated heterocycles. The molecule has 1 unspecified atom stereocenters. The van der Waals surface area contributed by atoms with E-state index in [0.29, 0.717) is 26.2 Å². The second-order valence-corrected chi connectivity index (χ2v) is 6.72. The summed E-state index contributed by atoms with van der Waals surface area (Å²) in [6, 6.07) is 11.8. The third-order valence-corrected chi connectivity index (χ3v) is 4.86. The van der Waals surface area contributed by atoms with Gasteiger partial charge in [-0.05, 0) is 35.7 Å². The van der Waals surface area contributed by atoms with Crippen molar-refractivity contribution < 1.29 is 14.3 Å². The van der Waals surface area contributed by atoms with Gasteiger partial charge in [0.1, 0.15) is 5.75 Å². The van der Waals surface area contributed by atoms with Crippen LogP contribution in [0, 0.1) is 0 Å². The number of hydrogen-bond donors (Lipinski definition) is 1. The molecule has 1 aliphatic rings. The number of thiophene rings is 1. The van der Waals surface area contributed by atoms with Crippen molar-refractivity contribution in [2.45, 2.75) is 19.0 Å². The fourth-order valence-corrected chi connectivity index (χ4v) is 3.41. The molecular weight excluding hydrogens is 324 g/mol. The molecule has 1 aromatic carbocycles. The SMILES string of the molecule is COc1ccc(N(Cc2cccs2)C(=O)CC2COCCN2)cc1. The first-order chi connectivity index (χ1) is 11.8. The molecule has 1 aliphatic heterocycles. The molecule has 6 heteroatoms. The smallest absolute Gasteiger partial charge is 0.228 e. The van der Waals surface area contributed by atoms with Gasteiger partial charge in [0.05, 0.1) is 26.9 Å². The molecule has 3 rings (SSSR count). The highest BCUT2D eigenvalue weighted by Crippen LogP contribution is 2.24. The van der Waals surface area contributed by atoms with Gasteiger partial charge in [-0.1, -0.05) is 6.07 Å². The molecule has 0 bridgehead atoms. The number of methoxy groups -OCH3 is 1. The first kappa shape index (κ1) is 17.0. The number of benzene rings is 1. The van der Waals surface area contributed by atoms with Crippen LogP contribution in [0.4, 0.5) is 5.69 Å². The molecule has 0 radical (unpaired) electrons. The van der Waals surface area contributed by atoms with Crippen molar-refractivity contribution in [3.8, 4) is 5.75 Å². The van der Waals surface area contributed by atoms with Crippen LogP contribution in [0.2, 0.25) is 0 Å². The highest BCUT2D eigenvalue weighted by Gasteiger charge is 2.22. The zero-order valence-electron chi connectivity index (χ0n) is 13.7. The molecule has 1 atom stereocenters. The molecule has 5 nitrogen and oxygen atoms in total. The molecule has 0 aliphatic carbocycles. The number of carbonyl (C=O) groups is 1. The van der Waals surface area contributed by atoms with Crippen molar-refractivity contribution in [1.82, 2.24) is 5.32 Å². The van der Waals surface area contributed by atoms with E-state index in [1.54, 1.807) is 18.4 Å². The van der Waals surface area contributed by atoms with Crippen LogP contribution in [0.1, 0.15) is 11.3 Å². The van der Waals surface area contributed by atoms with Crippen LogP contribution in [0.5, 0.6) is 5.75 Å². The molecule has 1 fully saturated rings. The Balaban J connectivity index is 1.76. The van der Waals surface area contributed by atoms with Gasteiger partial charge in [-0.25, -0.2) is 0 Å². The Kier molecular flexibility index (Phi) is 5.85. The summed E-state index contributed by atoms with van der Waals surface area (Å²) in [4.78, 5) is 15.9. The van der Waals surface area contributed by atoms with Crippen molar-refractivity contribution >= 4 is 22.9 Å². The summed E-state index contributed by atoms with van der Waals surface area (Å²) in [5.41, 5.74) is 0.880. The predicted molar refractivity (Wildman–Crippen MR) is 95.7 cm³/mol. The molecule has 2 aromatic rings. The maximum absolute atomic E-state index is 12.9. The van der Waals surface area contributed by atoms with Crippen LogP contribution < -0.4 is 15.0 Å². The average Bonchev–Trinajstić information content (AvgIpc) is 3.14. The Morgan fingerprint density at radius 1 is 1.38 bits per heavy atom. The number of amides is 1. The van der Waals surface area contributed by atoms with Gasteiger partial charge < -0.3 is 19.7 Å². The second-order valence-electron chi connectivity index (χ2n) is 5.69. The summed E-state index contributed by atoms with van der Waals surface area (Å²) in [7, 11) is 1.64. The predicted octanol–water partition coefficient (Wildman–Crippen LogP) is 2.67. The van der Waals surface area contributed by atoms with Crippen LogP contribution in [0.15, 0.2) is 41.8 Å². The number of rotatable bonds is 6. The van der Waals surface area contributed by atoms with Crippen LogP contribution in [-0.2, 0) is 16.1 Å². The van der Waals surface area contributed by atoms with Gasteiger partial charge >= 0.3 is 0 Å². The van der Waals surface area contributed by atoms with Gasteiger partial charge in [0.15, 0.2) is 0 Å². The number of nitrogens with one attached hydrogen (secondary N) is 1. The molecular formula is C18H22N2O3S. The van der Waals surface area contributed by atoms with Gasteiger partial charge in [-0.15, -0.1) is 11.3 Å². The zero-order chi connectivity index (χ0) is 16.8. The second kappa shape index (κ2) is 8.28. The maximum atomic E-state index is 12.9. The fourth-order valence-electron chi connectivity index (χ4n) is 2.72. The van der Waals surface area contributed by atoms with E-state index in [1.165, 1.54) is 0 Å². The minimum atomic E-state index is 0.0790. The Labute approximate surface area is 146 Å². The van der Waals surface area contributed by atoms with E-state index in [1.807, 2.05) is 40.6 Å². The number of morpholine rings is 1. The van der Waals surface area contributed by atoms with E-state index in [0.717, 1.165) is 22.9 Å². The highest BCUT2D eigenvalue weighted by molar-refractivity contribution is 7.09. The third kappa shape index (κ3) is 4.35. The fraction of sp³-hybridized carbons (Fsp3) is 0.389. The Morgan fingerprint density at radius 3 is 2.83 bits per heavy atom. The van der Waals surface area contributed by atoms with Gasteiger partial charge in [-0.2, -0.15) is 0 Å². The van der Waals surface area contributed by atoms with E-state index in [4.69, 9.17) is 9.47 Å². The lowest BCUT2D eigenvalue weighted by atomic mass is 10.1. The zero-order valence-corrected chi connectivity index (χ0v) is 14.6. The number of nitrogens with zero attached hydrogens (tertiary/aromatic N) is 1. The average molecular weight is 346 g/mol. The number of anilines is 1. The summed E-state index contributed by atoms with van der Waals surface area (Å²) in [6.45, 7) is 2.67. The first-order valence-corrected chi connectivity index (χ1v) is 8.92. The summed E-state index contributed by atoms with van der Waals surface area (Å²) >= 11 is 1.66. The molecule has 128 valence electrons. The Bertz CT molecular complexity index is 637. The van der Waals surface area contributed by atoms with Crippen LogP contribution >= 0.6 is 11.3 Å².